The van der Waals surface area contributed by atoms with E-state index in [9.17, 15) is 9.59 Å². The van der Waals surface area contributed by atoms with E-state index in [0.717, 1.165) is 24.3 Å². The first-order valence-corrected chi connectivity index (χ1v) is 9.52. The molecule has 1 N–H and O–H groups in total. The van der Waals surface area contributed by atoms with Gasteiger partial charge in [-0.15, -0.1) is 0 Å². The number of morpholine rings is 1. The van der Waals surface area contributed by atoms with Crippen LogP contribution in [-0.2, 0) is 19.1 Å². The van der Waals surface area contributed by atoms with Gasteiger partial charge in [0.05, 0.1) is 32.3 Å². The highest BCUT2D eigenvalue weighted by atomic mass is 16.5. The monoisotopic (exact) mass is 377 g/mol. The third-order valence-electron chi connectivity index (χ3n) is 4.63. The predicted molar refractivity (Wildman–Crippen MR) is 105 cm³/mol. The van der Waals surface area contributed by atoms with Gasteiger partial charge in [-0.1, -0.05) is 12.1 Å². The van der Waals surface area contributed by atoms with Gasteiger partial charge < -0.3 is 19.7 Å². The highest BCUT2D eigenvalue weighted by Crippen LogP contribution is 2.23. The molecule has 150 valence electrons. The smallest absolute Gasteiger partial charge is 0.306 e. The first-order valence-electron chi connectivity index (χ1n) is 9.52. The van der Waals surface area contributed by atoms with Crippen molar-refractivity contribution in [1.29, 1.82) is 0 Å². The Morgan fingerprint density at radius 2 is 1.85 bits per heavy atom. The number of carbonyl (C=O) groups excluding carboxylic acids is 2. The summed E-state index contributed by atoms with van der Waals surface area (Å²) in [5.74, 6) is -0.470. The summed E-state index contributed by atoms with van der Waals surface area (Å²) < 4.78 is 10.3. The van der Waals surface area contributed by atoms with Crippen LogP contribution < -0.4 is 10.2 Å². The quantitative estimate of drug-likeness (QED) is 0.659. The van der Waals surface area contributed by atoms with Crippen LogP contribution >= 0.6 is 0 Å². The maximum absolute atomic E-state index is 12.1. The van der Waals surface area contributed by atoms with Gasteiger partial charge in [0.2, 0.25) is 5.91 Å². The summed E-state index contributed by atoms with van der Waals surface area (Å²) in [4.78, 5) is 28.0. The van der Waals surface area contributed by atoms with Gasteiger partial charge in [-0.25, -0.2) is 0 Å². The van der Waals surface area contributed by atoms with Gasteiger partial charge in [0.1, 0.15) is 0 Å². The lowest BCUT2D eigenvalue weighted by Crippen LogP contribution is -2.43. The average molecular weight is 377 g/mol. The van der Waals surface area contributed by atoms with Gasteiger partial charge in [0.15, 0.2) is 0 Å². The van der Waals surface area contributed by atoms with Crippen LogP contribution in [0.4, 0.5) is 5.69 Å². The van der Waals surface area contributed by atoms with E-state index in [1.807, 2.05) is 14.1 Å². The normalized spacial score (nSPS) is 15.8. The Hall–Kier alpha value is -2.12. The first kappa shape index (κ1) is 21.2. The largest absolute Gasteiger partial charge is 0.466 e. The number of hydrogen-bond acceptors (Lipinski definition) is 6. The van der Waals surface area contributed by atoms with Crippen LogP contribution in [0.3, 0.4) is 0 Å². The molecule has 0 bridgehead atoms. The molecule has 7 heteroatoms. The van der Waals surface area contributed by atoms with Gasteiger partial charge in [-0.3, -0.25) is 14.5 Å². The van der Waals surface area contributed by atoms with Crippen LogP contribution in [0.1, 0.15) is 31.4 Å². The summed E-state index contributed by atoms with van der Waals surface area (Å²) in [6.45, 7) is 5.65. The topological polar surface area (TPSA) is 71.1 Å². The maximum Gasteiger partial charge on any atom is 0.306 e. The van der Waals surface area contributed by atoms with Crippen molar-refractivity contribution in [3.05, 3.63) is 29.8 Å². The summed E-state index contributed by atoms with van der Waals surface area (Å²) in [5.41, 5.74) is 2.30. The number of nitrogens with one attached hydrogen (secondary N) is 1. The number of amides is 1. The SMILES string of the molecule is CCOC(=O)CCC(=O)NC[C@@H](c1ccc(N(C)C)cc1)N1CCOCC1. The number of esters is 1. The van der Waals surface area contributed by atoms with Crippen molar-refractivity contribution >= 4 is 17.6 Å². The van der Waals surface area contributed by atoms with E-state index in [2.05, 4.69) is 39.4 Å². The molecule has 27 heavy (non-hydrogen) atoms. The third-order valence-corrected chi connectivity index (χ3v) is 4.63. The van der Waals surface area contributed by atoms with Gasteiger partial charge in [-0.2, -0.15) is 0 Å². The van der Waals surface area contributed by atoms with Crippen molar-refractivity contribution in [1.82, 2.24) is 10.2 Å². The van der Waals surface area contributed by atoms with E-state index in [-0.39, 0.29) is 30.8 Å². The fourth-order valence-electron chi connectivity index (χ4n) is 3.09. The minimum absolute atomic E-state index is 0.0802. The Labute approximate surface area is 161 Å². The number of nitrogens with zero attached hydrogens (tertiary/aromatic N) is 2. The number of benzene rings is 1. The molecule has 7 nitrogen and oxygen atoms in total. The van der Waals surface area contributed by atoms with Crippen LogP contribution in [-0.4, -0.2) is 70.3 Å². The molecule has 0 aromatic heterocycles. The highest BCUT2D eigenvalue weighted by molar-refractivity contribution is 5.81. The Morgan fingerprint density at radius 1 is 1.19 bits per heavy atom. The fourth-order valence-corrected chi connectivity index (χ4v) is 3.09. The fraction of sp³-hybridized carbons (Fsp3) is 0.600. The molecular formula is C20H31N3O4. The van der Waals surface area contributed by atoms with Crippen LogP contribution in [0.5, 0.6) is 0 Å². The second kappa shape index (κ2) is 10.9. The van der Waals surface area contributed by atoms with Crippen molar-refractivity contribution in [3.8, 4) is 0 Å². The van der Waals surface area contributed by atoms with Gasteiger partial charge in [-0.05, 0) is 24.6 Å². The zero-order chi connectivity index (χ0) is 19.6. The highest BCUT2D eigenvalue weighted by Gasteiger charge is 2.23. The summed E-state index contributed by atoms with van der Waals surface area (Å²) in [6.07, 6.45) is 0.258. The summed E-state index contributed by atoms with van der Waals surface area (Å²) in [6, 6.07) is 8.48. The number of hydrogen-bond donors (Lipinski definition) is 1. The minimum atomic E-state index is -0.336. The molecule has 0 unspecified atom stereocenters. The van der Waals surface area contributed by atoms with Gasteiger partial charge in [0.25, 0.3) is 0 Å². The standard InChI is InChI=1S/C20H31N3O4/c1-4-27-20(25)10-9-19(24)21-15-18(23-11-13-26-14-12-23)16-5-7-17(8-6-16)22(2)3/h5-8,18H,4,9-15H2,1-3H3,(H,21,24)/t18-/m0/s1. The minimum Gasteiger partial charge on any atom is -0.466 e. The Kier molecular flexibility index (Phi) is 8.54. The van der Waals surface area contributed by atoms with Crippen molar-refractivity contribution in [2.24, 2.45) is 0 Å². The molecular weight excluding hydrogens is 346 g/mol. The Balaban J connectivity index is 1.98. The van der Waals surface area contributed by atoms with E-state index >= 15 is 0 Å². The summed E-state index contributed by atoms with van der Waals surface area (Å²) in [5, 5.41) is 2.97. The molecule has 1 saturated heterocycles. The number of rotatable bonds is 9. The van der Waals surface area contributed by atoms with E-state index in [1.165, 1.54) is 0 Å². The molecule has 2 rings (SSSR count). The number of anilines is 1. The Bertz CT molecular complexity index is 598. The van der Waals surface area contributed by atoms with E-state index in [4.69, 9.17) is 9.47 Å². The van der Waals surface area contributed by atoms with Crippen LogP contribution in [0.2, 0.25) is 0 Å². The number of ether oxygens (including phenoxy) is 2. The lowest BCUT2D eigenvalue weighted by Gasteiger charge is -2.35. The molecule has 0 radical (unpaired) electrons. The predicted octanol–water partition coefficient (Wildman–Crippen LogP) is 1.59. The van der Waals surface area contributed by atoms with Crippen molar-refractivity contribution in [3.63, 3.8) is 0 Å². The molecule has 1 fully saturated rings. The molecule has 1 aromatic carbocycles. The molecule has 0 aliphatic carbocycles. The summed E-state index contributed by atoms with van der Waals surface area (Å²) in [7, 11) is 4.02. The molecule has 0 saturated carbocycles. The second-order valence-corrected chi connectivity index (χ2v) is 6.76. The van der Waals surface area contributed by atoms with Crippen molar-refractivity contribution in [2.75, 3.05) is 58.5 Å². The van der Waals surface area contributed by atoms with Gasteiger partial charge in [0, 0.05) is 45.8 Å². The molecule has 1 amide bonds. The molecule has 1 aliphatic rings. The van der Waals surface area contributed by atoms with Gasteiger partial charge >= 0.3 is 5.97 Å². The first-order chi connectivity index (χ1) is 13.0. The van der Waals surface area contributed by atoms with Crippen molar-refractivity contribution < 1.29 is 19.1 Å². The Morgan fingerprint density at radius 3 is 2.44 bits per heavy atom. The average Bonchev–Trinajstić information content (AvgIpc) is 2.68. The zero-order valence-electron chi connectivity index (χ0n) is 16.6. The zero-order valence-corrected chi connectivity index (χ0v) is 16.6. The lowest BCUT2D eigenvalue weighted by molar-refractivity contribution is -0.144. The maximum atomic E-state index is 12.1. The third kappa shape index (κ3) is 6.84. The van der Waals surface area contributed by atoms with Crippen LogP contribution in [0.15, 0.2) is 24.3 Å². The molecule has 1 atom stereocenters. The van der Waals surface area contributed by atoms with Crippen LogP contribution in [0.25, 0.3) is 0 Å². The molecule has 0 spiro atoms. The molecule has 1 aliphatic heterocycles. The van der Waals surface area contributed by atoms with E-state index < -0.39 is 0 Å². The molecule has 1 aromatic rings. The van der Waals surface area contributed by atoms with E-state index in [1.54, 1.807) is 6.92 Å². The number of carbonyl (C=O) groups is 2. The van der Waals surface area contributed by atoms with E-state index in [0.29, 0.717) is 26.4 Å². The van der Waals surface area contributed by atoms with Crippen molar-refractivity contribution in [2.45, 2.75) is 25.8 Å². The second-order valence-electron chi connectivity index (χ2n) is 6.76. The molecule has 1 heterocycles. The summed E-state index contributed by atoms with van der Waals surface area (Å²) >= 11 is 0. The lowest BCUT2D eigenvalue weighted by atomic mass is 10.0. The van der Waals surface area contributed by atoms with Crippen LogP contribution in [0, 0.1) is 0 Å².